The van der Waals surface area contributed by atoms with Gasteiger partial charge >= 0.3 is 0 Å². The van der Waals surface area contributed by atoms with Gasteiger partial charge in [-0.3, -0.25) is 9.59 Å². The van der Waals surface area contributed by atoms with Crippen LogP contribution in [0.4, 0.5) is 0 Å². The van der Waals surface area contributed by atoms with Gasteiger partial charge in [-0.15, -0.1) is 0 Å². The van der Waals surface area contributed by atoms with E-state index in [0.29, 0.717) is 18.6 Å². The lowest BCUT2D eigenvalue weighted by Gasteiger charge is -2.48. The molecule has 3 nitrogen and oxygen atoms in total. The largest absolute Gasteiger partial charge is 0.342 e. The van der Waals surface area contributed by atoms with Gasteiger partial charge in [-0.1, -0.05) is 6.92 Å². The van der Waals surface area contributed by atoms with Crippen LogP contribution in [-0.2, 0) is 9.59 Å². The molecule has 0 aromatic rings. The normalized spacial score (nSPS) is 38.4. The van der Waals surface area contributed by atoms with Crippen molar-refractivity contribution in [2.45, 2.75) is 45.1 Å². The summed E-state index contributed by atoms with van der Waals surface area (Å²) < 4.78 is 0. The number of rotatable bonds is 0. The molecular weight excluding hydrogens is 178 g/mol. The first-order chi connectivity index (χ1) is 6.55. The summed E-state index contributed by atoms with van der Waals surface area (Å²) in [7, 11) is 1.84. The fourth-order valence-electron chi connectivity index (χ4n) is 2.89. The molecule has 0 aromatic carbocycles. The number of carbonyl (C=O) groups is 2. The second kappa shape index (κ2) is 3.07. The van der Waals surface area contributed by atoms with Gasteiger partial charge in [0.15, 0.2) is 0 Å². The van der Waals surface area contributed by atoms with Crippen molar-refractivity contribution in [3.63, 3.8) is 0 Å². The Bertz CT molecular complexity index is 287. The van der Waals surface area contributed by atoms with Gasteiger partial charge in [0.25, 0.3) is 0 Å². The first kappa shape index (κ1) is 9.69. The number of ketones is 1. The summed E-state index contributed by atoms with van der Waals surface area (Å²) in [5.41, 5.74) is -0.249. The van der Waals surface area contributed by atoms with Crippen LogP contribution in [0.5, 0.6) is 0 Å². The number of amides is 1. The van der Waals surface area contributed by atoms with Gasteiger partial charge in [0.2, 0.25) is 5.91 Å². The summed E-state index contributed by atoms with van der Waals surface area (Å²) in [6.07, 6.45) is 3.92. The summed E-state index contributed by atoms with van der Waals surface area (Å²) in [5, 5.41) is 0. The van der Waals surface area contributed by atoms with Gasteiger partial charge in [-0.05, 0) is 19.3 Å². The van der Waals surface area contributed by atoms with Crippen LogP contribution in [0.15, 0.2) is 0 Å². The van der Waals surface area contributed by atoms with E-state index in [9.17, 15) is 9.59 Å². The molecular formula is C11H17NO2. The fourth-order valence-corrected chi connectivity index (χ4v) is 2.89. The predicted octanol–water partition coefficient (Wildman–Crippen LogP) is 1.37. The Hall–Kier alpha value is -0.860. The van der Waals surface area contributed by atoms with Crippen LogP contribution in [-0.4, -0.2) is 29.7 Å². The molecule has 1 saturated carbocycles. The zero-order valence-corrected chi connectivity index (χ0v) is 8.88. The number of Topliss-reactive ketones (excluding diaryl/α,β-unsaturated/α-hetero) is 1. The zero-order valence-electron chi connectivity index (χ0n) is 8.88. The molecule has 0 spiro atoms. The number of likely N-dealkylation sites (tertiary alicyclic amines) is 1. The molecule has 0 aromatic heterocycles. The van der Waals surface area contributed by atoms with Crippen molar-refractivity contribution < 1.29 is 9.59 Å². The highest BCUT2D eigenvalue weighted by Gasteiger charge is 2.48. The Morgan fingerprint density at radius 3 is 2.79 bits per heavy atom. The topological polar surface area (TPSA) is 37.4 Å². The third-order valence-electron chi connectivity index (χ3n) is 3.97. The highest BCUT2D eigenvalue weighted by Crippen LogP contribution is 2.42. The van der Waals surface area contributed by atoms with Crippen LogP contribution in [0.1, 0.15) is 39.0 Å². The number of piperidine rings is 1. The summed E-state index contributed by atoms with van der Waals surface area (Å²) in [5.74, 6) is 0.551. The molecule has 1 aliphatic heterocycles. The van der Waals surface area contributed by atoms with Gasteiger partial charge < -0.3 is 4.90 Å². The molecule has 2 aliphatic rings. The summed E-state index contributed by atoms with van der Waals surface area (Å²) in [6, 6.07) is 0.157. The molecule has 1 amide bonds. The van der Waals surface area contributed by atoms with E-state index in [1.807, 2.05) is 14.0 Å². The van der Waals surface area contributed by atoms with Crippen LogP contribution >= 0.6 is 0 Å². The molecule has 1 saturated heterocycles. The van der Waals surface area contributed by atoms with Gasteiger partial charge in [-0.2, -0.15) is 0 Å². The summed E-state index contributed by atoms with van der Waals surface area (Å²) in [4.78, 5) is 25.2. The monoisotopic (exact) mass is 195 g/mol. The van der Waals surface area contributed by atoms with Crippen LogP contribution < -0.4 is 0 Å². The average Bonchev–Trinajstić information content (AvgIpc) is 2.16. The number of nitrogens with zero attached hydrogens (tertiary/aromatic N) is 1. The van der Waals surface area contributed by atoms with Crippen LogP contribution in [0, 0.1) is 5.41 Å². The lowest BCUT2D eigenvalue weighted by molar-refractivity contribution is -0.150. The Balaban J connectivity index is 2.30. The van der Waals surface area contributed by atoms with Gasteiger partial charge in [-0.25, -0.2) is 0 Å². The van der Waals surface area contributed by atoms with E-state index >= 15 is 0 Å². The number of fused-ring (bicyclic) bond motifs is 1. The second-order valence-electron chi connectivity index (χ2n) is 4.75. The maximum absolute atomic E-state index is 11.9. The Labute approximate surface area is 84.5 Å². The number of hydrogen-bond donors (Lipinski definition) is 0. The first-order valence-corrected chi connectivity index (χ1v) is 5.34. The van der Waals surface area contributed by atoms with E-state index in [0.717, 1.165) is 19.3 Å². The molecule has 0 N–H and O–H groups in total. The van der Waals surface area contributed by atoms with Gasteiger partial charge in [0.1, 0.15) is 5.78 Å². The van der Waals surface area contributed by atoms with Crippen molar-refractivity contribution in [1.82, 2.24) is 4.90 Å². The standard InChI is InChI=1S/C11H17NO2/c1-11-7-6-10(14)12(2)8(11)4-3-5-9(11)13/h8H,3-7H2,1-2H3/t8-,11+/m1/s1. The fraction of sp³-hybridized carbons (Fsp3) is 0.818. The van der Waals surface area contributed by atoms with E-state index in [1.165, 1.54) is 0 Å². The Morgan fingerprint density at radius 1 is 1.36 bits per heavy atom. The molecule has 2 fully saturated rings. The Morgan fingerprint density at radius 2 is 2.07 bits per heavy atom. The van der Waals surface area contributed by atoms with Crippen LogP contribution in [0.3, 0.4) is 0 Å². The van der Waals surface area contributed by atoms with E-state index in [-0.39, 0.29) is 17.4 Å². The van der Waals surface area contributed by atoms with Crippen molar-refractivity contribution in [2.75, 3.05) is 7.05 Å². The molecule has 1 aliphatic carbocycles. The third-order valence-corrected chi connectivity index (χ3v) is 3.97. The molecule has 78 valence electrons. The summed E-state index contributed by atoms with van der Waals surface area (Å²) in [6.45, 7) is 2.03. The zero-order chi connectivity index (χ0) is 10.3. The predicted molar refractivity (Wildman–Crippen MR) is 52.8 cm³/mol. The maximum atomic E-state index is 11.9. The molecule has 1 heterocycles. The van der Waals surface area contributed by atoms with Crippen LogP contribution in [0.2, 0.25) is 0 Å². The van der Waals surface area contributed by atoms with Crippen molar-refractivity contribution in [2.24, 2.45) is 5.41 Å². The van der Waals surface area contributed by atoms with Gasteiger partial charge in [0, 0.05) is 31.3 Å². The quantitative estimate of drug-likeness (QED) is 0.585. The molecule has 0 radical (unpaired) electrons. The van der Waals surface area contributed by atoms with Crippen molar-refractivity contribution >= 4 is 11.7 Å². The van der Waals surface area contributed by atoms with E-state index in [4.69, 9.17) is 0 Å². The lowest BCUT2D eigenvalue weighted by atomic mass is 9.65. The molecule has 2 atom stereocenters. The molecule has 14 heavy (non-hydrogen) atoms. The van der Waals surface area contributed by atoms with Crippen molar-refractivity contribution in [1.29, 1.82) is 0 Å². The van der Waals surface area contributed by atoms with Crippen LogP contribution in [0.25, 0.3) is 0 Å². The van der Waals surface area contributed by atoms with Crippen molar-refractivity contribution in [3.05, 3.63) is 0 Å². The highest BCUT2D eigenvalue weighted by molar-refractivity contribution is 5.89. The smallest absolute Gasteiger partial charge is 0.222 e. The van der Waals surface area contributed by atoms with E-state index < -0.39 is 0 Å². The average molecular weight is 195 g/mol. The third kappa shape index (κ3) is 1.18. The summed E-state index contributed by atoms with van der Waals surface area (Å²) >= 11 is 0. The highest BCUT2D eigenvalue weighted by atomic mass is 16.2. The molecule has 0 bridgehead atoms. The lowest BCUT2D eigenvalue weighted by Crippen LogP contribution is -2.57. The number of hydrogen-bond acceptors (Lipinski definition) is 2. The van der Waals surface area contributed by atoms with Crippen molar-refractivity contribution in [3.8, 4) is 0 Å². The maximum Gasteiger partial charge on any atom is 0.222 e. The van der Waals surface area contributed by atoms with Gasteiger partial charge in [0.05, 0.1) is 0 Å². The molecule has 2 rings (SSSR count). The van der Waals surface area contributed by atoms with E-state index in [1.54, 1.807) is 4.90 Å². The molecule has 3 heteroatoms. The first-order valence-electron chi connectivity index (χ1n) is 5.34. The minimum atomic E-state index is -0.249. The second-order valence-corrected chi connectivity index (χ2v) is 4.75. The minimum absolute atomic E-state index is 0.157. The van der Waals surface area contributed by atoms with E-state index in [2.05, 4.69) is 0 Å². The number of carbonyl (C=O) groups excluding carboxylic acids is 2. The molecule has 0 unspecified atom stereocenters. The SMILES string of the molecule is CN1C(=O)CC[C@]2(C)C(=O)CCC[C@@H]12. The minimum Gasteiger partial charge on any atom is -0.342 e. The Kier molecular flexibility index (Phi) is 2.13.